The summed E-state index contributed by atoms with van der Waals surface area (Å²) < 4.78 is 28.8. The molecule has 14 nitrogen and oxygen atoms in total. The first-order valence-electron chi connectivity index (χ1n) is 20.1. The maximum atomic E-state index is 12.6. The Morgan fingerprint density at radius 2 is 1.51 bits per heavy atom. The Morgan fingerprint density at radius 1 is 0.811 bits per heavy atom. The molecule has 14 heteroatoms. The Labute approximate surface area is 313 Å². The molecule has 0 amide bonds. The maximum Gasteiger partial charge on any atom is 0.187 e. The average Bonchev–Trinajstić information content (AvgIpc) is 3.56. The zero-order chi connectivity index (χ0) is 38.8. The smallest absolute Gasteiger partial charge is 0.187 e. The van der Waals surface area contributed by atoms with Gasteiger partial charge in [-0.2, -0.15) is 0 Å². The molecule has 0 bridgehead atoms. The van der Waals surface area contributed by atoms with Crippen LogP contribution in [0.5, 0.6) is 0 Å². The molecule has 2 saturated heterocycles. The molecule has 0 radical (unpaired) electrons. The van der Waals surface area contributed by atoms with Gasteiger partial charge in [-0.05, 0) is 78.9 Å². The third kappa shape index (κ3) is 7.28. The Bertz CT molecular complexity index is 1230. The SMILES string of the molecule is CO[C@@H]1CO[C@@H](O[C@@H]2[C@@H](OC[C@@H](CC[C@@H](C)[C@H]3C[C@@H](O)C4[C@]5(O)C[C@H](O)C6[C@@H](O)[C@@H](O)CC[C@]6(C)C5CC[C@@]43C)C(C)C)O[C@H](CO)[C@H]2O)[C@H](O)[C@H]1O. The van der Waals surface area contributed by atoms with Crippen LogP contribution in [0.3, 0.4) is 0 Å². The molecule has 6 aliphatic rings. The van der Waals surface area contributed by atoms with E-state index in [1.165, 1.54) is 7.11 Å². The molecule has 9 N–H and O–H groups in total. The zero-order valence-electron chi connectivity index (χ0n) is 32.3. The fraction of sp³-hybridized carbons (Fsp3) is 1.00. The molecule has 308 valence electrons. The highest BCUT2D eigenvalue weighted by atomic mass is 16.8. The second-order valence-electron chi connectivity index (χ2n) is 18.5. The Kier molecular flexibility index (Phi) is 12.7. The van der Waals surface area contributed by atoms with E-state index < -0.39 is 103 Å². The van der Waals surface area contributed by atoms with Gasteiger partial charge in [0.2, 0.25) is 0 Å². The van der Waals surface area contributed by atoms with E-state index in [0.717, 1.165) is 25.7 Å². The lowest BCUT2D eigenvalue weighted by Crippen LogP contribution is -2.70. The third-order valence-electron chi connectivity index (χ3n) is 15.4. The van der Waals surface area contributed by atoms with Gasteiger partial charge in [0.15, 0.2) is 12.6 Å². The van der Waals surface area contributed by atoms with Crippen molar-refractivity contribution >= 4 is 0 Å². The van der Waals surface area contributed by atoms with Crippen LogP contribution in [0, 0.1) is 52.3 Å². The maximum absolute atomic E-state index is 12.6. The van der Waals surface area contributed by atoms with E-state index in [-0.39, 0.29) is 54.6 Å². The molecule has 0 aromatic heterocycles. The van der Waals surface area contributed by atoms with Crippen molar-refractivity contribution in [3.8, 4) is 0 Å². The van der Waals surface area contributed by atoms with Gasteiger partial charge in [0, 0.05) is 25.4 Å². The van der Waals surface area contributed by atoms with Crippen molar-refractivity contribution < 1.29 is 69.6 Å². The van der Waals surface area contributed by atoms with Crippen molar-refractivity contribution in [2.45, 2.75) is 165 Å². The summed E-state index contributed by atoms with van der Waals surface area (Å²) in [5.41, 5.74) is -2.21. The summed E-state index contributed by atoms with van der Waals surface area (Å²) in [6.45, 7) is 10.5. The standard InChI is InChI=1S/C39H68O14/c1-18(2)20(16-50-36-33(31(46)25(15-40)52-36)53-35-32(47)30(45)26(49-6)17-51-35)8-7-19(3)21-13-23(42)34-37(21,4)12-10-27-38(5)11-9-22(41)29(44)28(38)24(43)14-39(27,34)48/h18-36,40-48H,7-17H2,1-6H3/t19-,20-,21-,22+,23-,24+,25-,26-,27?,28?,29+,30+,31-,32-,33+,34?,35+,36+,37-,38-,39+/m1/s1. The molecule has 0 aromatic carbocycles. The number of methoxy groups -OCH3 is 1. The predicted octanol–water partition coefficient (Wildman–Crippen LogP) is 0.295. The molecule has 0 aromatic rings. The Hall–Kier alpha value is -0.560. The highest BCUT2D eigenvalue weighted by Crippen LogP contribution is 2.70. The summed E-state index contributed by atoms with van der Waals surface area (Å²) >= 11 is 0. The summed E-state index contributed by atoms with van der Waals surface area (Å²) in [6.07, 6.45) is -7.91. The molecule has 0 spiro atoms. The molecule has 3 unspecified atom stereocenters. The monoisotopic (exact) mass is 760 g/mol. The molecular weight excluding hydrogens is 692 g/mol. The molecule has 53 heavy (non-hydrogen) atoms. The van der Waals surface area contributed by atoms with Crippen molar-refractivity contribution in [3.05, 3.63) is 0 Å². The van der Waals surface area contributed by atoms with Crippen molar-refractivity contribution in [1.29, 1.82) is 0 Å². The third-order valence-corrected chi connectivity index (χ3v) is 15.4. The Morgan fingerprint density at radius 3 is 2.17 bits per heavy atom. The molecule has 2 aliphatic heterocycles. The first-order chi connectivity index (χ1) is 24.9. The summed E-state index contributed by atoms with van der Waals surface area (Å²) in [5, 5.41) is 99.1. The minimum atomic E-state index is -1.44. The van der Waals surface area contributed by atoms with E-state index in [2.05, 4.69) is 27.7 Å². The van der Waals surface area contributed by atoms with E-state index in [9.17, 15) is 46.0 Å². The summed E-state index contributed by atoms with van der Waals surface area (Å²) in [4.78, 5) is 0. The van der Waals surface area contributed by atoms with Crippen molar-refractivity contribution in [1.82, 2.24) is 0 Å². The van der Waals surface area contributed by atoms with E-state index in [0.29, 0.717) is 19.3 Å². The topological polar surface area (TPSA) is 228 Å². The summed E-state index contributed by atoms with van der Waals surface area (Å²) in [6, 6.07) is 0. The Balaban J connectivity index is 1.10. The van der Waals surface area contributed by atoms with Gasteiger partial charge in [0.05, 0.1) is 49.8 Å². The van der Waals surface area contributed by atoms with Crippen LogP contribution in [0.15, 0.2) is 0 Å². The summed E-state index contributed by atoms with van der Waals surface area (Å²) in [7, 11) is 1.40. The normalized spacial score (nSPS) is 52.5. The number of fused-ring (bicyclic) bond motifs is 5. The van der Waals surface area contributed by atoms with Gasteiger partial charge < -0.3 is 69.6 Å². The van der Waals surface area contributed by atoms with Gasteiger partial charge >= 0.3 is 0 Å². The van der Waals surface area contributed by atoms with Crippen LogP contribution < -0.4 is 0 Å². The molecule has 4 aliphatic carbocycles. The quantitative estimate of drug-likeness (QED) is 0.130. The van der Waals surface area contributed by atoms with E-state index >= 15 is 0 Å². The van der Waals surface area contributed by atoms with Gasteiger partial charge in [-0.15, -0.1) is 0 Å². The van der Waals surface area contributed by atoms with Crippen LogP contribution in [0.4, 0.5) is 0 Å². The molecule has 2 heterocycles. The van der Waals surface area contributed by atoms with Crippen LogP contribution in [0.25, 0.3) is 0 Å². The largest absolute Gasteiger partial charge is 0.394 e. The second kappa shape index (κ2) is 16.0. The zero-order valence-corrected chi connectivity index (χ0v) is 32.3. The van der Waals surface area contributed by atoms with Gasteiger partial charge in [-0.3, -0.25) is 0 Å². The lowest BCUT2D eigenvalue weighted by molar-refractivity contribution is -0.306. The minimum absolute atomic E-state index is 0.0275. The number of ether oxygens (including phenoxy) is 5. The number of hydrogen-bond acceptors (Lipinski definition) is 14. The van der Waals surface area contributed by atoms with E-state index in [1.54, 1.807) is 0 Å². The van der Waals surface area contributed by atoms with Crippen LogP contribution in [0.2, 0.25) is 0 Å². The van der Waals surface area contributed by atoms with Crippen LogP contribution in [-0.2, 0) is 23.7 Å². The highest BCUT2D eigenvalue weighted by molar-refractivity contribution is 5.21. The molecule has 6 rings (SSSR count). The van der Waals surface area contributed by atoms with Crippen molar-refractivity contribution in [3.63, 3.8) is 0 Å². The van der Waals surface area contributed by atoms with Gasteiger partial charge in [-0.1, -0.05) is 41.0 Å². The van der Waals surface area contributed by atoms with Gasteiger partial charge in [0.1, 0.15) is 36.6 Å². The van der Waals surface area contributed by atoms with Gasteiger partial charge in [0.25, 0.3) is 0 Å². The number of aliphatic hydroxyl groups is 9. The fourth-order valence-electron chi connectivity index (χ4n) is 12.4. The number of rotatable bonds is 12. The van der Waals surface area contributed by atoms with E-state index in [4.69, 9.17) is 23.7 Å². The first kappa shape index (κ1) is 42.1. The number of hydrogen-bond donors (Lipinski definition) is 9. The molecule has 6 fully saturated rings. The van der Waals surface area contributed by atoms with Gasteiger partial charge in [-0.25, -0.2) is 0 Å². The van der Waals surface area contributed by atoms with Crippen molar-refractivity contribution in [2.75, 3.05) is 26.9 Å². The minimum Gasteiger partial charge on any atom is -0.394 e. The lowest BCUT2D eigenvalue weighted by atomic mass is 9.41. The molecule has 4 saturated carbocycles. The van der Waals surface area contributed by atoms with Crippen LogP contribution in [-0.4, -0.2) is 152 Å². The van der Waals surface area contributed by atoms with Crippen molar-refractivity contribution in [2.24, 2.45) is 52.3 Å². The molecule has 21 atom stereocenters. The van der Waals surface area contributed by atoms with Crippen LogP contribution in [0.1, 0.15) is 86.0 Å². The average molecular weight is 761 g/mol. The van der Waals surface area contributed by atoms with Crippen LogP contribution >= 0.6 is 0 Å². The fourth-order valence-corrected chi connectivity index (χ4v) is 12.4. The first-order valence-corrected chi connectivity index (χ1v) is 20.1. The summed E-state index contributed by atoms with van der Waals surface area (Å²) in [5.74, 6) is -0.502. The highest BCUT2D eigenvalue weighted by Gasteiger charge is 2.71. The molecular formula is C39H68O14. The lowest BCUT2D eigenvalue weighted by Gasteiger charge is -2.66. The predicted molar refractivity (Wildman–Crippen MR) is 189 cm³/mol. The van der Waals surface area contributed by atoms with E-state index in [1.807, 2.05) is 6.92 Å². The second-order valence-corrected chi connectivity index (χ2v) is 18.5. The number of aliphatic hydroxyl groups excluding tert-OH is 8.